The Morgan fingerprint density at radius 3 is 0.689 bits per heavy atom. The molecule has 0 aromatic heterocycles. The molecule has 3 unspecified atom stereocenters. The van der Waals surface area contributed by atoms with Gasteiger partial charge in [0.15, 0.2) is 12.2 Å². The highest BCUT2D eigenvalue weighted by atomic mass is 31.2. The van der Waals surface area contributed by atoms with Crippen LogP contribution in [0.4, 0.5) is 0 Å². The van der Waals surface area contributed by atoms with E-state index in [1.54, 1.807) is 0 Å². The first-order valence-electron chi connectivity index (χ1n) is 43.7. The Labute approximate surface area is 632 Å². The number of hydrogen-bond donors (Lipinski definition) is 3. The molecule has 0 saturated carbocycles. The van der Waals surface area contributed by atoms with Crippen LogP contribution in [0.2, 0.25) is 0 Å². The Morgan fingerprint density at radius 1 is 0.272 bits per heavy atom. The van der Waals surface area contributed by atoms with E-state index in [2.05, 4.69) is 34.6 Å². The van der Waals surface area contributed by atoms with Crippen LogP contribution in [0.15, 0.2) is 0 Å². The lowest BCUT2D eigenvalue weighted by Crippen LogP contribution is -2.30. The number of phosphoric ester groups is 2. The molecule has 103 heavy (non-hydrogen) atoms. The summed E-state index contributed by atoms with van der Waals surface area (Å²) in [6.07, 6.45) is 69.3. The molecule has 0 rings (SSSR count). The fourth-order valence-corrected chi connectivity index (χ4v) is 14.7. The van der Waals surface area contributed by atoms with Crippen LogP contribution in [0.25, 0.3) is 0 Å². The standard InChI is InChI=1S/C84H164O17P2/c1-6-10-13-16-19-22-25-28-31-33-34-36-39-42-45-48-55-60-65-70-83(88)100-79(73-94-81(86)67-62-57-52-46-43-40-38-35-32-29-26-23-20-17-14-11-7-2)75-98-102(90,91)96-71-78(85)72-97-103(92,93)99-76-80(74-95-82(87)68-63-58-53-50-49-51-56-61-66-77(5)9-4)101-84(89)69-64-59-54-47-44-41-37-30-27-24-21-18-15-12-8-3/h77-80,85H,6-76H2,1-5H3,(H,90,91)(H,92,93)/t77?,78-,79-,80-/m1/s1. The van der Waals surface area contributed by atoms with Crippen molar-refractivity contribution in [1.82, 2.24) is 0 Å². The number of ether oxygens (including phenoxy) is 4. The molecule has 0 radical (unpaired) electrons. The molecule has 0 saturated heterocycles. The van der Waals surface area contributed by atoms with Crippen molar-refractivity contribution in [3.05, 3.63) is 0 Å². The minimum absolute atomic E-state index is 0.108. The number of carbonyl (C=O) groups is 4. The van der Waals surface area contributed by atoms with Gasteiger partial charge < -0.3 is 33.8 Å². The largest absolute Gasteiger partial charge is 0.472 e. The van der Waals surface area contributed by atoms with Crippen LogP contribution in [-0.4, -0.2) is 96.7 Å². The summed E-state index contributed by atoms with van der Waals surface area (Å²) in [6, 6.07) is 0. The van der Waals surface area contributed by atoms with Gasteiger partial charge in [0.05, 0.1) is 26.4 Å². The lowest BCUT2D eigenvalue weighted by molar-refractivity contribution is -0.161. The maximum Gasteiger partial charge on any atom is 0.472 e. The zero-order valence-electron chi connectivity index (χ0n) is 67.5. The van der Waals surface area contributed by atoms with Crippen molar-refractivity contribution in [2.45, 2.75) is 470 Å². The molecule has 0 heterocycles. The summed E-state index contributed by atoms with van der Waals surface area (Å²) in [5.74, 6) is -1.32. The van der Waals surface area contributed by atoms with Gasteiger partial charge in [0.1, 0.15) is 19.3 Å². The van der Waals surface area contributed by atoms with Crippen LogP contribution in [0.1, 0.15) is 452 Å². The zero-order valence-corrected chi connectivity index (χ0v) is 69.3. The number of unbranched alkanes of at least 4 members (excludes halogenated alkanes) is 55. The van der Waals surface area contributed by atoms with Gasteiger partial charge in [-0.2, -0.15) is 0 Å². The SMILES string of the molecule is CCCCCCCCCCCCCCCCCCCCCC(=O)O[C@H](COC(=O)CCCCCCCCCCCCCCCCCCC)COP(=O)(O)OC[C@@H](O)COP(=O)(O)OC[C@@H](COC(=O)CCCCCCCCCCC(C)CC)OC(=O)CCCCCCCCCCCCCCCCC. The predicted octanol–water partition coefficient (Wildman–Crippen LogP) is 25.6. The highest BCUT2D eigenvalue weighted by Crippen LogP contribution is 2.45. The van der Waals surface area contributed by atoms with Crippen LogP contribution >= 0.6 is 15.6 Å². The van der Waals surface area contributed by atoms with Crippen molar-refractivity contribution in [3.63, 3.8) is 0 Å². The second-order valence-electron chi connectivity index (χ2n) is 30.5. The van der Waals surface area contributed by atoms with Crippen LogP contribution in [0.3, 0.4) is 0 Å². The van der Waals surface area contributed by atoms with Gasteiger partial charge in [-0.3, -0.25) is 37.3 Å². The molecule has 19 heteroatoms. The Balaban J connectivity index is 5.26. The Bertz CT molecular complexity index is 1960. The zero-order chi connectivity index (χ0) is 75.5. The molecule has 6 atom stereocenters. The second kappa shape index (κ2) is 76.8. The fraction of sp³-hybridized carbons (Fsp3) is 0.952. The lowest BCUT2D eigenvalue weighted by atomic mass is 9.99. The van der Waals surface area contributed by atoms with E-state index in [1.807, 2.05) is 0 Å². The first-order chi connectivity index (χ1) is 50.1. The molecule has 0 aliphatic rings. The molecule has 612 valence electrons. The molecular formula is C84H164O17P2. The number of esters is 4. The van der Waals surface area contributed by atoms with Crippen LogP contribution in [-0.2, 0) is 65.4 Å². The molecule has 0 amide bonds. The minimum Gasteiger partial charge on any atom is -0.462 e. The number of carbonyl (C=O) groups excluding carboxylic acids is 4. The second-order valence-corrected chi connectivity index (χ2v) is 33.4. The van der Waals surface area contributed by atoms with Crippen molar-refractivity contribution in [3.8, 4) is 0 Å². The van der Waals surface area contributed by atoms with Gasteiger partial charge in [0.25, 0.3) is 0 Å². The van der Waals surface area contributed by atoms with Gasteiger partial charge in [-0.1, -0.05) is 401 Å². The molecule has 3 N–H and O–H groups in total. The first-order valence-corrected chi connectivity index (χ1v) is 46.7. The van der Waals surface area contributed by atoms with E-state index in [1.165, 1.54) is 276 Å². The number of hydrogen-bond acceptors (Lipinski definition) is 15. The highest BCUT2D eigenvalue weighted by Gasteiger charge is 2.30. The fourth-order valence-electron chi connectivity index (χ4n) is 13.1. The van der Waals surface area contributed by atoms with Crippen LogP contribution in [0.5, 0.6) is 0 Å². The van der Waals surface area contributed by atoms with Gasteiger partial charge in [0, 0.05) is 25.7 Å². The van der Waals surface area contributed by atoms with Gasteiger partial charge in [-0.15, -0.1) is 0 Å². The predicted molar refractivity (Wildman–Crippen MR) is 423 cm³/mol. The Kier molecular flexibility index (Phi) is 75.4. The number of rotatable bonds is 84. The molecule has 0 spiro atoms. The van der Waals surface area contributed by atoms with E-state index in [0.29, 0.717) is 25.7 Å². The Hall–Kier alpha value is -1.94. The summed E-state index contributed by atoms with van der Waals surface area (Å²) in [5.41, 5.74) is 0. The summed E-state index contributed by atoms with van der Waals surface area (Å²) >= 11 is 0. The van der Waals surface area contributed by atoms with Crippen molar-refractivity contribution in [2.24, 2.45) is 5.92 Å². The van der Waals surface area contributed by atoms with E-state index in [-0.39, 0.29) is 25.7 Å². The van der Waals surface area contributed by atoms with E-state index < -0.39 is 97.5 Å². The van der Waals surface area contributed by atoms with Crippen molar-refractivity contribution >= 4 is 39.5 Å². The minimum atomic E-state index is -4.96. The van der Waals surface area contributed by atoms with Gasteiger partial charge >= 0.3 is 39.5 Å². The van der Waals surface area contributed by atoms with E-state index in [4.69, 9.17) is 37.0 Å². The van der Waals surface area contributed by atoms with E-state index in [0.717, 1.165) is 95.8 Å². The monoisotopic (exact) mass is 1510 g/mol. The first kappa shape index (κ1) is 101. The summed E-state index contributed by atoms with van der Waals surface area (Å²) in [7, 11) is -9.92. The lowest BCUT2D eigenvalue weighted by Gasteiger charge is -2.21. The molecule has 17 nitrogen and oxygen atoms in total. The van der Waals surface area contributed by atoms with Crippen molar-refractivity contribution < 1.29 is 80.2 Å². The molecule has 0 bridgehead atoms. The normalized spacial score (nSPS) is 14.1. The third kappa shape index (κ3) is 76.6. The van der Waals surface area contributed by atoms with Crippen LogP contribution < -0.4 is 0 Å². The van der Waals surface area contributed by atoms with E-state index in [9.17, 15) is 43.2 Å². The topological polar surface area (TPSA) is 237 Å². The maximum atomic E-state index is 13.1. The van der Waals surface area contributed by atoms with Crippen LogP contribution in [0, 0.1) is 5.92 Å². The summed E-state index contributed by atoms with van der Waals surface area (Å²) in [5, 5.41) is 10.7. The van der Waals surface area contributed by atoms with Crippen molar-refractivity contribution in [1.29, 1.82) is 0 Å². The molecule has 0 aromatic carbocycles. The van der Waals surface area contributed by atoms with E-state index >= 15 is 0 Å². The van der Waals surface area contributed by atoms with Gasteiger partial charge in [0.2, 0.25) is 0 Å². The maximum absolute atomic E-state index is 13.1. The molecule has 0 aliphatic heterocycles. The number of aliphatic hydroxyl groups is 1. The van der Waals surface area contributed by atoms with Crippen molar-refractivity contribution in [2.75, 3.05) is 39.6 Å². The summed E-state index contributed by atoms with van der Waals surface area (Å²) < 4.78 is 68.9. The molecule has 0 fully saturated rings. The molecule has 0 aromatic rings. The highest BCUT2D eigenvalue weighted by molar-refractivity contribution is 7.47. The summed E-state index contributed by atoms with van der Waals surface area (Å²) in [6.45, 7) is 7.36. The number of phosphoric acid groups is 2. The average molecular weight is 1510 g/mol. The quantitative estimate of drug-likeness (QED) is 0.0222. The molecule has 0 aliphatic carbocycles. The average Bonchev–Trinajstić information content (AvgIpc) is 1.20. The summed E-state index contributed by atoms with van der Waals surface area (Å²) in [4.78, 5) is 73.2. The Morgan fingerprint density at radius 2 is 0.466 bits per heavy atom. The third-order valence-electron chi connectivity index (χ3n) is 20.1. The third-order valence-corrected chi connectivity index (χ3v) is 22.0. The smallest absolute Gasteiger partial charge is 0.462 e. The number of aliphatic hydroxyl groups excluding tert-OH is 1. The van der Waals surface area contributed by atoms with Gasteiger partial charge in [-0.05, 0) is 31.6 Å². The van der Waals surface area contributed by atoms with Gasteiger partial charge in [-0.25, -0.2) is 9.13 Å². The molecular weight excluding hydrogens is 1340 g/mol.